The highest BCUT2D eigenvalue weighted by Crippen LogP contribution is 2.32. The van der Waals surface area contributed by atoms with Crippen LogP contribution in [0.25, 0.3) is 56.0 Å². The fraction of sp³-hybridized carbons (Fsp3) is 0.179. The van der Waals surface area contributed by atoms with E-state index in [9.17, 15) is 4.39 Å². The van der Waals surface area contributed by atoms with Gasteiger partial charge in [-0.1, -0.05) is 0 Å². The van der Waals surface area contributed by atoms with Crippen LogP contribution in [0.5, 0.6) is 5.75 Å². The molecule has 5 aromatic heterocycles. The van der Waals surface area contributed by atoms with Gasteiger partial charge in [0.15, 0.2) is 11.5 Å². The molecule has 9 nitrogen and oxygen atoms in total. The molecule has 0 radical (unpaired) electrons. The summed E-state index contributed by atoms with van der Waals surface area (Å²) >= 11 is 0. The molecule has 0 saturated carbocycles. The van der Waals surface area contributed by atoms with E-state index in [2.05, 4.69) is 35.0 Å². The van der Waals surface area contributed by atoms with E-state index in [-0.39, 0.29) is 5.82 Å². The number of fused-ring (bicyclic) bond motifs is 2. The number of halogens is 1. The van der Waals surface area contributed by atoms with Gasteiger partial charge in [-0.3, -0.25) is 15.1 Å². The summed E-state index contributed by atoms with van der Waals surface area (Å²) in [5, 5.41) is 8.29. The molecule has 1 aromatic carbocycles. The lowest BCUT2D eigenvalue weighted by molar-refractivity contribution is 0.261. The summed E-state index contributed by atoms with van der Waals surface area (Å²) in [4.78, 5) is 23.6. The Hall–Kier alpha value is -4.70. The number of imidazole rings is 1. The molecule has 0 bridgehead atoms. The number of hydrogen-bond acceptors (Lipinski definition) is 7. The Morgan fingerprint density at radius 2 is 1.82 bits per heavy atom. The van der Waals surface area contributed by atoms with Crippen molar-refractivity contribution < 1.29 is 9.13 Å². The van der Waals surface area contributed by atoms with Crippen LogP contribution < -0.4 is 4.74 Å². The lowest BCUT2D eigenvalue weighted by atomic mass is 10.1. The molecule has 0 spiro atoms. The summed E-state index contributed by atoms with van der Waals surface area (Å²) in [6.07, 6.45) is 6.94. The molecule has 2 N–H and O–H groups in total. The van der Waals surface area contributed by atoms with Gasteiger partial charge in [-0.25, -0.2) is 14.4 Å². The summed E-state index contributed by atoms with van der Waals surface area (Å²) in [6, 6.07) is 10.6. The van der Waals surface area contributed by atoms with Crippen LogP contribution in [0.3, 0.4) is 0 Å². The molecular weight excluding hydrogens is 483 g/mol. The third-order valence-corrected chi connectivity index (χ3v) is 6.21. The number of nitrogens with one attached hydrogen (secondary N) is 2. The molecule has 6 rings (SSSR count). The molecular formula is C28H25FN8O. The van der Waals surface area contributed by atoms with Crippen molar-refractivity contribution in [1.29, 1.82) is 0 Å². The number of nitrogens with zero attached hydrogens (tertiary/aromatic N) is 6. The third-order valence-electron chi connectivity index (χ3n) is 6.21. The van der Waals surface area contributed by atoms with Crippen LogP contribution in [0.4, 0.5) is 4.39 Å². The second-order valence-corrected chi connectivity index (χ2v) is 9.41. The van der Waals surface area contributed by atoms with Crippen LogP contribution in [0.15, 0.2) is 61.2 Å². The molecule has 0 fully saturated rings. The van der Waals surface area contributed by atoms with E-state index < -0.39 is 0 Å². The maximum atomic E-state index is 14.1. The standard InChI is InChI=1S/C28H25FN8O/c1-16-8-17(10-20(29)9-16)24-26-23(4-5-31-24)33-28(34-26)25-22-12-19(14-32-27(22)36-35-25)18-11-21(15-30-13-18)38-7-6-37(2)3/h4-5,8-15H,6-7H2,1-3H3,(H,33,34)(H,32,35,36). The molecule has 0 amide bonds. The van der Waals surface area contributed by atoms with E-state index in [1.54, 1.807) is 24.8 Å². The summed E-state index contributed by atoms with van der Waals surface area (Å²) in [5.74, 6) is 0.946. The van der Waals surface area contributed by atoms with Crippen LogP contribution in [0.1, 0.15) is 5.56 Å². The lowest BCUT2D eigenvalue weighted by Gasteiger charge is -2.11. The topological polar surface area (TPSA) is 108 Å². The first kappa shape index (κ1) is 23.7. The molecule has 0 atom stereocenters. The Morgan fingerprint density at radius 1 is 0.947 bits per heavy atom. The van der Waals surface area contributed by atoms with Crippen LogP contribution in [-0.2, 0) is 0 Å². The van der Waals surface area contributed by atoms with Crippen molar-refractivity contribution in [3.63, 3.8) is 0 Å². The Labute approximate surface area is 217 Å². The summed E-state index contributed by atoms with van der Waals surface area (Å²) < 4.78 is 20.0. The Balaban J connectivity index is 1.38. The molecule has 38 heavy (non-hydrogen) atoms. The van der Waals surface area contributed by atoms with Gasteiger partial charge < -0.3 is 14.6 Å². The second kappa shape index (κ2) is 9.64. The van der Waals surface area contributed by atoms with Crippen molar-refractivity contribution in [2.45, 2.75) is 6.92 Å². The number of ether oxygens (including phenoxy) is 1. The van der Waals surface area contributed by atoms with Crippen molar-refractivity contribution >= 4 is 22.1 Å². The van der Waals surface area contributed by atoms with Crippen LogP contribution in [0, 0.1) is 12.7 Å². The first-order chi connectivity index (χ1) is 18.4. The minimum atomic E-state index is -0.312. The van der Waals surface area contributed by atoms with E-state index in [0.717, 1.165) is 34.1 Å². The maximum absolute atomic E-state index is 14.1. The van der Waals surface area contributed by atoms with Crippen molar-refractivity contribution in [1.82, 2.24) is 40.0 Å². The SMILES string of the molecule is Cc1cc(F)cc(-c2nccc3[nH]c(-c4n[nH]c5ncc(-c6cncc(OCCN(C)C)c6)cc45)nc23)c1. The Morgan fingerprint density at radius 3 is 2.66 bits per heavy atom. The number of hydrogen-bond donors (Lipinski definition) is 2. The smallest absolute Gasteiger partial charge is 0.159 e. The molecule has 5 heterocycles. The van der Waals surface area contributed by atoms with Crippen LogP contribution in [-0.4, -0.2) is 67.3 Å². The largest absolute Gasteiger partial charge is 0.491 e. The zero-order valence-corrected chi connectivity index (χ0v) is 21.2. The first-order valence-electron chi connectivity index (χ1n) is 12.1. The van der Waals surface area contributed by atoms with Gasteiger partial charge in [-0.2, -0.15) is 5.10 Å². The number of aromatic amines is 2. The minimum absolute atomic E-state index is 0.312. The van der Waals surface area contributed by atoms with E-state index in [0.29, 0.717) is 46.3 Å². The number of pyridine rings is 3. The number of H-pyrrole nitrogens is 2. The van der Waals surface area contributed by atoms with Gasteiger partial charge >= 0.3 is 0 Å². The highest BCUT2D eigenvalue weighted by atomic mass is 19.1. The van der Waals surface area contributed by atoms with Gasteiger partial charge in [0.2, 0.25) is 0 Å². The molecule has 0 aliphatic carbocycles. The highest BCUT2D eigenvalue weighted by Gasteiger charge is 2.17. The predicted molar refractivity (Wildman–Crippen MR) is 144 cm³/mol. The second-order valence-electron chi connectivity index (χ2n) is 9.41. The Bertz CT molecular complexity index is 1750. The zero-order chi connectivity index (χ0) is 26.2. The average molecular weight is 509 g/mol. The number of rotatable bonds is 7. The van der Waals surface area contributed by atoms with Gasteiger partial charge in [0.05, 0.1) is 22.8 Å². The van der Waals surface area contributed by atoms with Gasteiger partial charge in [0.25, 0.3) is 0 Å². The summed E-state index contributed by atoms with van der Waals surface area (Å²) in [5.41, 5.74) is 6.51. The maximum Gasteiger partial charge on any atom is 0.159 e. The Kier molecular flexibility index (Phi) is 6.01. The molecule has 0 aliphatic rings. The minimum Gasteiger partial charge on any atom is -0.491 e. The van der Waals surface area contributed by atoms with Crippen molar-refractivity contribution in [3.05, 3.63) is 72.6 Å². The molecule has 0 saturated heterocycles. The lowest BCUT2D eigenvalue weighted by Crippen LogP contribution is -2.19. The molecule has 10 heteroatoms. The van der Waals surface area contributed by atoms with Crippen LogP contribution >= 0.6 is 0 Å². The van der Waals surface area contributed by atoms with E-state index in [1.807, 2.05) is 45.3 Å². The van der Waals surface area contributed by atoms with Crippen molar-refractivity contribution in [3.8, 4) is 39.7 Å². The normalized spacial score (nSPS) is 11.6. The molecule has 0 aliphatic heterocycles. The van der Waals surface area contributed by atoms with Gasteiger partial charge in [0, 0.05) is 41.8 Å². The number of likely N-dealkylation sites (N-methyl/N-ethyl adjacent to an activating group) is 1. The zero-order valence-electron chi connectivity index (χ0n) is 21.2. The molecule has 6 aromatic rings. The molecule has 0 unspecified atom stereocenters. The van der Waals surface area contributed by atoms with E-state index in [4.69, 9.17) is 9.72 Å². The van der Waals surface area contributed by atoms with Gasteiger partial charge in [-0.05, 0) is 63.0 Å². The van der Waals surface area contributed by atoms with E-state index in [1.165, 1.54) is 12.1 Å². The molecule has 190 valence electrons. The highest BCUT2D eigenvalue weighted by molar-refractivity contribution is 5.96. The number of benzene rings is 1. The van der Waals surface area contributed by atoms with Crippen molar-refractivity contribution in [2.75, 3.05) is 27.2 Å². The number of aryl methyl sites for hydroxylation is 1. The quantitative estimate of drug-likeness (QED) is 0.312. The first-order valence-corrected chi connectivity index (χ1v) is 12.1. The average Bonchev–Trinajstić information content (AvgIpc) is 3.51. The van der Waals surface area contributed by atoms with Crippen molar-refractivity contribution in [2.24, 2.45) is 0 Å². The summed E-state index contributed by atoms with van der Waals surface area (Å²) in [6.45, 7) is 3.23. The summed E-state index contributed by atoms with van der Waals surface area (Å²) in [7, 11) is 4.01. The van der Waals surface area contributed by atoms with Gasteiger partial charge in [-0.15, -0.1) is 0 Å². The monoisotopic (exact) mass is 508 g/mol. The fourth-order valence-corrected chi connectivity index (χ4v) is 4.38. The fourth-order valence-electron chi connectivity index (χ4n) is 4.38. The number of aromatic nitrogens is 7. The van der Waals surface area contributed by atoms with E-state index >= 15 is 0 Å². The predicted octanol–water partition coefficient (Wildman–Crippen LogP) is 5.01. The van der Waals surface area contributed by atoms with Crippen LogP contribution in [0.2, 0.25) is 0 Å². The van der Waals surface area contributed by atoms with Gasteiger partial charge in [0.1, 0.15) is 29.4 Å². The third kappa shape index (κ3) is 4.57.